The molecule has 1 aromatic rings. The van der Waals surface area contributed by atoms with Crippen molar-refractivity contribution in [1.29, 1.82) is 0 Å². The van der Waals surface area contributed by atoms with Crippen molar-refractivity contribution >= 4 is 23.3 Å². The molecule has 0 saturated carbocycles. The van der Waals surface area contributed by atoms with E-state index in [0.29, 0.717) is 10.7 Å². The number of hydrogen-bond acceptors (Lipinski definition) is 2. The summed E-state index contributed by atoms with van der Waals surface area (Å²) in [6.45, 7) is 3.47. The molecule has 2 N–H and O–H groups in total. The highest BCUT2D eigenvalue weighted by Gasteiger charge is 2.26. The zero-order valence-corrected chi connectivity index (χ0v) is 11.0. The lowest BCUT2D eigenvalue weighted by Gasteiger charge is -2.33. The largest absolute Gasteiger partial charge is 0.394 e. The van der Waals surface area contributed by atoms with Crippen molar-refractivity contribution in [2.24, 2.45) is 0 Å². The summed E-state index contributed by atoms with van der Waals surface area (Å²) in [6, 6.07) is 6.58. The van der Waals surface area contributed by atoms with Gasteiger partial charge in [0.05, 0.1) is 12.1 Å². The number of aliphatic hydroxyl groups is 1. The Balaban J connectivity index is 2.69. The molecule has 5 heteroatoms. The van der Waals surface area contributed by atoms with Gasteiger partial charge >= 0.3 is 6.03 Å². The van der Waals surface area contributed by atoms with Crippen LogP contribution in [0.2, 0.25) is 5.02 Å². The lowest BCUT2D eigenvalue weighted by molar-refractivity contribution is 0.104. The predicted molar refractivity (Wildman–Crippen MR) is 69.4 cm³/mol. The van der Waals surface area contributed by atoms with Gasteiger partial charge in [0.15, 0.2) is 0 Å². The van der Waals surface area contributed by atoms with Crippen LogP contribution in [0.5, 0.6) is 0 Å². The van der Waals surface area contributed by atoms with E-state index in [1.165, 1.54) is 4.90 Å². The number of anilines is 1. The van der Waals surface area contributed by atoms with Gasteiger partial charge in [-0.05, 0) is 38.1 Å². The molecule has 0 spiro atoms. The summed E-state index contributed by atoms with van der Waals surface area (Å²) in [5.74, 6) is 0. The van der Waals surface area contributed by atoms with Crippen LogP contribution >= 0.6 is 11.6 Å². The summed E-state index contributed by atoms with van der Waals surface area (Å²) in [4.78, 5) is 13.3. The van der Waals surface area contributed by atoms with Crippen molar-refractivity contribution < 1.29 is 9.90 Å². The van der Waals surface area contributed by atoms with E-state index in [1.807, 2.05) is 0 Å². The highest BCUT2D eigenvalue weighted by atomic mass is 35.5. The molecule has 0 aliphatic heterocycles. The first kappa shape index (κ1) is 13.8. The second-order valence-corrected chi connectivity index (χ2v) is 4.90. The standard InChI is InChI=1S/C12H17ClN2O2/c1-12(2,8-16)15(3)11(17)14-10-6-4-9(13)5-7-10/h4-7,16H,8H2,1-3H3,(H,14,17). The summed E-state index contributed by atoms with van der Waals surface area (Å²) in [6.07, 6.45) is 0. The van der Waals surface area contributed by atoms with Gasteiger partial charge < -0.3 is 15.3 Å². The molecule has 0 aromatic heterocycles. The van der Waals surface area contributed by atoms with Crippen LogP contribution in [0.15, 0.2) is 24.3 Å². The maximum absolute atomic E-state index is 11.9. The molecule has 0 saturated heterocycles. The average Bonchev–Trinajstić information content (AvgIpc) is 2.31. The molecule has 1 aromatic carbocycles. The summed E-state index contributed by atoms with van der Waals surface area (Å²) < 4.78 is 0. The SMILES string of the molecule is CN(C(=O)Nc1ccc(Cl)cc1)C(C)(C)CO. The number of hydrogen-bond donors (Lipinski definition) is 2. The van der Waals surface area contributed by atoms with Crippen molar-refractivity contribution in [3.05, 3.63) is 29.3 Å². The number of benzene rings is 1. The van der Waals surface area contributed by atoms with E-state index in [4.69, 9.17) is 11.6 Å². The first-order chi connectivity index (χ1) is 7.86. The molecule has 0 aliphatic rings. The number of rotatable bonds is 3. The van der Waals surface area contributed by atoms with Gasteiger partial charge in [0.1, 0.15) is 0 Å². The van der Waals surface area contributed by atoms with Crippen molar-refractivity contribution in [3.8, 4) is 0 Å². The fourth-order valence-corrected chi connectivity index (χ4v) is 1.25. The average molecular weight is 257 g/mol. The third-order valence-electron chi connectivity index (χ3n) is 2.70. The molecule has 1 rings (SSSR count). The minimum atomic E-state index is -0.601. The normalized spacial score (nSPS) is 11.1. The van der Waals surface area contributed by atoms with E-state index < -0.39 is 5.54 Å². The molecule has 0 aliphatic carbocycles. The lowest BCUT2D eigenvalue weighted by Crippen LogP contribution is -2.49. The van der Waals surface area contributed by atoms with Crippen molar-refractivity contribution in [1.82, 2.24) is 4.90 Å². The molecule has 0 heterocycles. The molecule has 94 valence electrons. The first-order valence-electron chi connectivity index (χ1n) is 5.28. The first-order valence-corrected chi connectivity index (χ1v) is 5.66. The number of aliphatic hydroxyl groups excluding tert-OH is 1. The third-order valence-corrected chi connectivity index (χ3v) is 2.95. The van der Waals surface area contributed by atoms with E-state index in [1.54, 1.807) is 45.2 Å². The van der Waals surface area contributed by atoms with E-state index >= 15 is 0 Å². The summed E-state index contributed by atoms with van der Waals surface area (Å²) in [7, 11) is 1.64. The monoisotopic (exact) mass is 256 g/mol. The molecule has 4 nitrogen and oxygen atoms in total. The Kier molecular flexibility index (Phi) is 4.37. The van der Waals surface area contributed by atoms with Crippen LogP contribution in [0.25, 0.3) is 0 Å². The van der Waals surface area contributed by atoms with E-state index in [0.717, 1.165) is 0 Å². The van der Waals surface area contributed by atoms with Crippen LogP contribution in [-0.2, 0) is 0 Å². The highest BCUT2D eigenvalue weighted by Crippen LogP contribution is 2.16. The number of nitrogens with zero attached hydrogens (tertiary/aromatic N) is 1. The van der Waals surface area contributed by atoms with Gasteiger partial charge in [-0.25, -0.2) is 4.79 Å². The topological polar surface area (TPSA) is 52.6 Å². The third kappa shape index (κ3) is 3.61. The van der Waals surface area contributed by atoms with Gasteiger partial charge in [0.25, 0.3) is 0 Å². The van der Waals surface area contributed by atoms with Gasteiger partial charge in [-0.3, -0.25) is 0 Å². The van der Waals surface area contributed by atoms with Crippen LogP contribution in [0.1, 0.15) is 13.8 Å². The second-order valence-electron chi connectivity index (χ2n) is 4.47. The molecule has 0 unspecified atom stereocenters. The number of amides is 2. The van der Waals surface area contributed by atoms with Gasteiger partial charge in [0.2, 0.25) is 0 Å². The number of carbonyl (C=O) groups excluding carboxylic acids is 1. The fourth-order valence-electron chi connectivity index (χ4n) is 1.12. The van der Waals surface area contributed by atoms with E-state index in [-0.39, 0.29) is 12.6 Å². The van der Waals surface area contributed by atoms with Crippen LogP contribution in [-0.4, -0.2) is 35.2 Å². The molecule has 0 atom stereocenters. The van der Waals surface area contributed by atoms with E-state index in [2.05, 4.69) is 5.32 Å². The van der Waals surface area contributed by atoms with Crippen molar-refractivity contribution in [2.45, 2.75) is 19.4 Å². The van der Waals surface area contributed by atoms with Crippen molar-refractivity contribution in [2.75, 3.05) is 19.0 Å². The number of carbonyl (C=O) groups is 1. The number of halogens is 1. The minimum absolute atomic E-state index is 0.0997. The molecule has 0 bridgehead atoms. The van der Waals surface area contributed by atoms with Crippen molar-refractivity contribution in [3.63, 3.8) is 0 Å². The maximum atomic E-state index is 11.9. The lowest BCUT2D eigenvalue weighted by atomic mass is 10.1. The quantitative estimate of drug-likeness (QED) is 0.873. The fraction of sp³-hybridized carbons (Fsp3) is 0.417. The number of likely N-dealkylation sites (N-methyl/N-ethyl adjacent to an activating group) is 1. The van der Waals surface area contributed by atoms with Crippen LogP contribution in [0.3, 0.4) is 0 Å². The Hall–Kier alpha value is -1.26. The molecular weight excluding hydrogens is 240 g/mol. The smallest absolute Gasteiger partial charge is 0.322 e. The Morgan fingerprint density at radius 2 is 1.94 bits per heavy atom. The van der Waals surface area contributed by atoms with Crippen LogP contribution in [0.4, 0.5) is 10.5 Å². The van der Waals surface area contributed by atoms with Crippen LogP contribution < -0.4 is 5.32 Å². The maximum Gasteiger partial charge on any atom is 0.322 e. The zero-order chi connectivity index (χ0) is 13.1. The Morgan fingerprint density at radius 3 is 2.41 bits per heavy atom. The molecule has 2 amide bonds. The summed E-state index contributed by atoms with van der Waals surface area (Å²) >= 11 is 5.75. The molecule has 0 fully saturated rings. The van der Waals surface area contributed by atoms with Gasteiger partial charge in [0, 0.05) is 17.8 Å². The Morgan fingerprint density at radius 1 is 1.41 bits per heavy atom. The van der Waals surface area contributed by atoms with Crippen LogP contribution in [0, 0.1) is 0 Å². The second kappa shape index (κ2) is 5.38. The Bertz CT molecular complexity index is 390. The highest BCUT2D eigenvalue weighted by molar-refractivity contribution is 6.30. The van der Waals surface area contributed by atoms with Gasteiger partial charge in [-0.15, -0.1) is 0 Å². The zero-order valence-electron chi connectivity index (χ0n) is 10.2. The summed E-state index contributed by atoms with van der Waals surface area (Å²) in [5, 5.41) is 12.5. The number of nitrogens with one attached hydrogen (secondary N) is 1. The Labute approximate surface area is 106 Å². The van der Waals surface area contributed by atoms with Gasteiger partial charge in [-0.2, -0.15) is 0 Å². The molecule has 17 heavy (non-hydrogen) atoms. The van der Waals surface area contributed by atoms with E-state index in [9.17, 15) is 9.90 Å². The predicted octanol–water partition coefficient (Wildman–Crippen LogP) is 2.57. The molecular formula is C12H17ClN2O2. The number of urea groups is 1. The minimum Gasteiger partial charge on any atom is -0.394 e. The summed E-state index contributed by atoms with van der Waals surface area (Å²) in [5.41, 5.74) is 0.0660. The van der Waals surface area contributed by atoms with Gasteiger partial charge in [-0.1, -0.05) is 11.6 Å². The molecule has 0 radical (unpaired) electrons.